The minimum atomic E-state index is 0.560. The third-order valence-corrected chi connectivity index (χ3v) is 4.62. The van der Waals surface area contributed by atoms with Crippen LogP contribution in [0, 0.1) is 11.3 Å². The van der Waals surface area contributed by atoms with Crippen LogP contribution >= 0.6 is 27.7 Å². The molecule has 0 bridgehead atoms. The van der Waals surface area contributed by atoms with Crippen LogP contribution < -0.4 is 0 Å². The molecule has 5 nitrogen and oxygen atoms in total. The van der Waals surface area contributed by atoms with E-state index in [-0.39, 0.29) is 0 Å². The SMILES string of the molecule is Cn1c2ccc(Br)cc2c2nnc(SCCCC#N)nc21. The van der Waals surface area contributed by atoms with Crippen molar-refractivity contribution in [2.75, 3.05) is 5.75 Å². The molecule has 0 aliphatic rings. The Morgan fingerprint density at radius 1 is 1.38 bits per heavy atom. The van der Waals surface area contributed by atoms with Gasteiger partial charge in [0.1, 0.15) is 5.52 Å². The molecule has 21 heavy (non-hydrogen) atoms. The van der Waals surface area contributed by atoms with Crippen molar-refractivity contribution in [3.8, 4) is 6.07 Å². The van der Waals surface area contributed by atoms with Crippen molar-refractivity contribution in [3.05, 3.63) is 22.7 Å². The van der Waals surface area contributed by atoms with E-state index in [0.717, 1.165) is 38.7 Å². The van der Waals surface area contributed by atoms with Crippen LogP contribution in [-0.4, -0.2) is 25.5 Å². The van der Waals surface area contributed by atoms with Gasteiger partial charge in [-0.3, -0.25) is 0 Å². The molecular formula is C14H12BrN5S. The Bertz CT molecular complexity index is 852. The van der Waals surface area contributed by atoms with Gasteiger partial charge in [-0.25, -0.2) is 4.98 Å². The van der Waals surface area contributed by atoms with Crippen LogP contribution in [0.25, 0.3) is 22.1 Å². The second-order valence-corrected chi connectivity index (χ2v) is 6.57. The van der Waals surface area contributed by atoms with Gasteiger partial charge in [0.2, 0.25) is 5.16 Å². The maximum Gasteiger partial charge on any atom is 0.211 e. The highest BCUT2D eigenvalue weighted by Crippen LogP contribution is 2.28. The van der Waals surface area contributed by atoms with Crippen molar-refractivity contribution in [1.29, 1.82) is 5.26 Å². The summed E-state index contributed by atoms with van der Waals surface area (Å²) in [7, 11) is 1.98. The molecule has 3 aromatic rings. The minimum absolute atomic E-state index is 0.560. The lowest BCUT2D eigenvalue weighted by atomic mass is 10.2. The van der Waals surface area contributed by atoms with Crippen LogP contribution in [0.4, 0.5) is 0 Å². The van der Waals surface area contributed by atoms with Crippen LogP contribution in [-0.2, 0) is 7.05 Å². The van der Waals surface area contributed by atoms with Crippen molar-refractivity contribution in [2.45, 2.75) is 18.0 Å². The quantitative estimate of drug-likeness (QED) is 0.523. The van der Waals surface area contributed by atoms with Gasteiger partial charge in [-0.1, -0.05) is 27.7 Å². The Morgan fingerprint density at radius 2 is 2.24 bits per heavy atom. The highest BCUT2D eigenvalue weighted by Gasteiger charge is 2.13. The maximum absolute atomic E-state index is 8.53. The summed E-state index contributed by atoms with van der Waals surface area (Å²) in [4.78, 5) is 4.59. The first kappa shape index (κ1) is 14.3. The molecule has 1 aromatic carbocycles. The van der Waals surface area contributed by atoms with Gasteiger partial charge >= 0.3 is 0 Å². The highest BCUT2D eigenvalue weighted by molar-refractivity contribution is 9.10. The first-order chi connectivity index (χ1) is 10.2. The third-order valence-electron chi connectivity index (χ3n) is 3.21. The molecule has 0 radical (unpaired) electrons. The molecule has 106 valence electrons. The predicted octanol–water partition coefficient (Wildman–Crippen LogP) is 3.67. The van der Waals surface area contributed by atoms with Crippen molar-refractivity contribution in [3.63, 3.8) is 0 Å². The maximum atomic E-state index is 8.53. The Balaban J connectivity index is 2.00. The molecule has 3 rings (SSSR count). The molecule has 0 amide bonds. The number of aromatic nitrogens is 4. The molecule has 7 heteroatoms. The third kappa shape index (κ3) is 2.74. The largest absolute Gasteiger partial charge is 0.327 e. The number of thioether (sulfide) groups is 1. The zero-order valence-corrected chi connectivity index (χ0v) is 13.8. The van der Waals surface area contributed by atoms with E-state index in [1.54, 1.807) is 0 Å². The summed E-state index contributed by atoms with van der Waals surface area (Å²) >= 11 is 5.02. The van der Waals surface area contributed by atoms with E-state index in [4.69, 9.17) is 5.26 Å². The molecule has 0 saturated heterocycles. The van der Waals surface area contributed by atoms with Crippen molar-refractivity contribution in [2.24, 2.45) is 7.05 Å². The molecule has 0 spiro atoms. The minimum Gasteiger partial charge on any atom is -0.327 e. The standard InChI is InChI=1S/C14H12BrN5S/c1-20-11-5-4-9(15)8-10(11)12-13(20)17-14(19-18-12)21-7-3-2-6-16/h4-5,8H,2-3,7H2,1H3. The smallest absolute Gasteiger partial charge is 0.211 e. The first-order valence-electron chi connectivity index (χ1n) is 6.49. The van der Waals surface area contributed by atoms with Crippen LogP contribution in [0.2, 0.25) is 0 Å². The lowest BCUT2D eigenvalue weighted by Crippen LogP contribution is -1.96. The van der Waals surface area contributed by atoms with Crippen LogP contribution in [0.1, 0.15) is 12.8 Å². The van der Waals surface area contributed by atoms with Gasteiger partial charge in [-0.05, 0) is 24.6 Å². The molecule has 0 saturated carbocycles. The van der Waals surface area contributed by atoms with Gasteiger partial charge in [-0.2, -0.15) is 5.26 Å². The average Bonchev–Trinajstić information content (AvgIpc) is 2.76. The number of aryl methyl sites for hydroxylation is 1. The van der Waals surface area contributed by atoms with E-state index in [0.29, 0.717) is 11.6 Å². The number of unbranched alkanes of at least 4 members (excludes halogenated alkanes) is 1. The highest BCUT2D eigenvalue weighted by atomic mass is 79.9. The van der Waals surface area contributed by atoms with Crippen molar-refractivity contribution >= 4 is 49.8 Å². The summed E-state index contributed by atoms with van der Waals surface area (Å²) in [6, 6.07) is 8.22. The summed E-state index contributed by atoms with van der Waals surface area (Å²) in [5, 5.41) is 18.8. The summed E-state index contributed by atoms with van der Waals surface area (Å²) < 4.78 is 3.05. The van der Waals surface area contributed by atoms with Crippen LogP contribution in [0.3, 0.4) is 0 Å². The number of halogens is 1. The number of benzene rings is 1. The van der Waals surface area contributed by atoms with Gasteiger partial charge in [-0.15, -0.1) is 10.2 Å². The predicted molar refractivity (Wildman–Crippen MR) is 87.1 cm³/mol. The van der Waals surface area contributed by atoms with E-state index >= 15 is 0 Å². The first-order valence-corrected chi connectivity index (χ1v) is 8.26. The summed E-state index contributed by atoms with van der Waals surface area (Å²) in [5.41, 5.74) is 2.73. The molecule has 0 aliphatic heterocycles. The zero-order chi connectivity index (χ0) is 14.8. The monoisotopic (exact) mass is 361 g/mol. The Labute approximate surface area is 134 Å². The Morgan fingerprint density at radius 3 is 3.05 bits per heavy atom. The number of hydrogen-bond acceptors (Lipinski definition) is 5. The molecule has 0 aliphatic carbocycles. The summed E-state index contributed by atoms with van der Waals surface area (Å²) in [6.45, 7) is 0. The second-order valence-electron chi connectivity index (χ2n) is 4.60. The Kier molecular flexibility index (Phi) is 4.08. The Hall–Kier alpha value is -1.65. The van der Waals surface area contributed by atoms with Gasteiger partial charge in [0.05, 0.1) is 11.6 Å². The fourth-order valence-electron chi connectivity index (χ4n) is 2.19. The van der Waals surface area contributed by atoms with E-state index in [1.807, 2.05) is 29.8 Å². The molecule has 0 atom stereocenters. The van der Waals surface area contributed by atoms with Gasteiger partial charge < -0.3 is 4.57 Å². The molecule has 2 aromatic heterocycles. The fraction of sp³-hybridized carbons (Fsp3) is 0.286. The summed E-state index contributed by atoms with van der Waals surface area (Å²) in [6.07, 6.45) is 1.40. The molecule has 0 N–H and O–H groups in total. The molecule has 2 heterocycles. The van der Waals surface area contributed by atoms with E-state index < -0.39 is 0 Å². The lowest BCUT2D eigenvalue weighted by molar-refractivity contribution is 0.852. The van der Waals surface area contributed by atoms with Crippen LogP contribution in [0.15, 0.2) is 27.8 Å². The molecular weight excluding hydrogens is 350 g/mol. The number of rotatable bonds is 4. The van der Waals surface area contributed by atoms with Crippen LogP contribution in [0.5, 0.6) is 0 Å². The van der Waals surface area contributed by atoms with Gasteiger partial charge in [0.25, 0.3) is 0 Å². The molecule has 0 fully saturated rings. The topological polar surface area (TPSA) is 67.4 Å². The van der Waals surface area contributed by atoms with E-state index in [1.165, 1.54) is 11.8 Å². The van der Waals surface area contributed by atoms with E-state index in [2.05, 4.69) is 37.2 Å². The zero-order valence-electron chi connectivity index (χ0n) is 11.4. The van der Waals surface area contributed by atoms with Crippen molar-refractivity contribution in [1.82, 2.24) is 19.7 Å². The number of hydrogen-bond donors (Lipinski definition) is 0. The van der Waals surface area contributed by atoms with Gasteiger partial charge in [0.15, 0.2) is 5.65 Å². The summed E-state index contributed by atoms with van der Waals surface area (Å²) in [5.74, 6) is 0.830. The number of nitriles is 1. The van der Waals surface area contributed by atoms with Crippen molar-refractivity contribution < 1.29 is 0 Å². The lowest BCUT2D eigenvalue weighted by Gasteiger charge is -1.99. The van der Waals surface area contributed by atoms with Gasteiger partial charge in [0, 0.05) is 29.1 Å². The molecule has 0 unspecified atom stereocenters. The number of fused-ring (bicyclic) bond motifs is 3. The second kappa shape index (κ2) is 6.00. The number of nitrogens with zero attached hydrogens (tertiary/aromatic N) is 5. The van der Waals surface area contributed by atoms with E-state index in [9.17, 15) is 0 Å². The average molecular weight is 362 g/mol. The fourth-order valence-corrected chi connectivity index (χ4v) is 3.27. The normalized spacial score (nSPS) is 11.1.